The van der Waals surface area contributed by atoms with E-state index < -0.39 is 57.3 Å². The number of esters is 2. The molecule has 0 heterocycles. The van der Waals surface area contributed by atoms with Crippen molar-refractivity contribution in [3.8, 4) is 0 Å². The Balaban J connectivity index is 3.80. The lowest BCUT2D eigenvalue weighted by Gasteiger charge is -2.13. The van der Waals surface area contributed by atoms with Gasteiger partial charge in [-0.2, -0.15) is 0 Å². The second-order valence-electron chi connectivity index (χ2n) is 5.93. The number of ketones is 4. The van der Waals surface area contributed by atoms with E-state index in [4.69, 9.17) is 9.47 Å². The van der Waals surface area contributed by atoms with Crippen molar-refractivity contribution in [2.75, 3.05) is 13.2 Å². The lowest BCUT2D eigenvalue weighted by molar-refractivity contribution is -0.115. The summed E-state index contributed by atoms with van der Waals surface area (Å²) in [6.45, 7) is 9.33. The second kappa shape index (κ2) is 11.4. The molecule has 0 aliphatic rings. The quantitative estimate of drug-likeness (QED) is 0.221. The van der Waals surface area contributed by atoms with E-state index in [0.717, 1.165) is 12.1 Å². The van der Waals surface area contributed by atoms with E-state index in [2.05, 4.69) is 13.2 Å². The van der Waals surface area contributed by atoms with E-state index in [9.17, 15) is 28.8 Å². The molecule has 0 aliphatic carbocycles. The molecule has 0 spiro atoms. The van der Waals surface area contributed by atoms with Crippen LogP contribution >= 0.6 is 0 Å². The molecule has 0 unspecified atom stereocenters. The van der Waals surface area contributed by atoms with Gasteiger partial charge >= 0.3 is 11.9 Å². The van der Waals surface area contributed by atoms with Crippen LogP contribution in [0.5, 0.6) is 0 Å². The highest BCUT2D eigenvalue weighted by atomic mass is 16.5. The monoisotopic (exact) mass is 414 g/mol. The normalized spacial score (nSPS) is 9.93. The number of hydrogen-bond acceptors (Lipinski definition) is 8. The standard InChI is InChI=1S/C22H22O8/c1-5-9-29-21(27)15-11-13(19(25)17(23)7-3)14(20(26)18(24)8-4)12-16(15)22(28)30-10-6-2/h5-6,11-12H,1-2,7-10H2,3-4H3. The molecular formula is C22H22O8. The lowest BCUT2D eigenvalue weighted by Crippen LogP contribution is -2.24. The van der Waals surface area contributed by atoms with Crippen molar-refractivity contribution in [1.29, 1.82) is 0 Å². The Labute approximate surface area is 173 Å². The third kappa shape index (κ3) is 5.66. The summed E-state index contributed by atoms with van der Waals surface area (Å²) in [6, 6.07) is 1.81. The van der Waals surface area contributed by atoms with Crippen LogP contribution in [0.2, 0.25) is 0 Å². The molecule has 0 atom stereocenters. The Kier molecular flexibility index (Phi) is 9.22. The van der Waals surface area contributed by atoms with Crippen LogP contribution in [-0.4, -0.2) is 48.3 Å². The number of carbonyl (C=O) groups excluding carboxylic acids is 6. The first-order chi connectivity index (χ1) is 14.2. The van der Waals surface area contributed by atoms with Crippen LogP contribution in [0.4, 0.5) is 0 Å². The maximum absolute atomic E-state index is 12.5. The zero-order valence-corrected chi connectivity index (χ0v) is 16.8. The van der Waals surface area contributed by atoms with Crippen molar-refractivity contribution < 1.29 is 38.2 Å². The Hall–Kier alpha value is -3.68. The minimum Gasteiger partial charge on any atom is -0.458 e. The molecule has 0 N–H and O–H groups in total. The smallest absolute Gasteiger partial charge is 0.339 e. The molecule has 8 nitrogen and oxygen atoms in total. The van der Waals surface area contributed by atoms with Crippen LogP contribution in [0, 0.1) is 0 Å². The first-order valence-electron chi connectivity index (χ1n) is 9.12. The van der Waals surface area contributed by atoms with Crippen LogP contribution in [-0.2, 0) is 19.1 Å². The number of ether oxygens (including phenoxy) is 2. The van der Waals surface area contributed by atoms with Gasteiger partial charge in [-0.1, -0.05) is 39.2 Å². The van der Waals surface area contributed by atoms with Gasteiger partial charge in [0.1, 0.15) is 13.2 Å². The number of rotatable bonds is 12. The molecule has 158 valence electrons. The first kappa shape index (κ1) is 24.4. The van der Waals surface area contributed by atoms with E-state index in [1.54, 1.807) is 0 Å². The highest BCUT2D eigenvalue weighted by Gasteiger charge is 2.30. The van der Waals surface area contributed by atoms with Crippen molar-refractivity contribution in [3.63, 3.8) is 0 Å². The van der Waals surface area contributed by atoms with Crippen LogP contribution in [0.15, 0.2) is 37.4 Å². The van der Waals surface area contributed by atoms with E-state index >= 15 is 0 Å². The summed E-state index contributed by atoms with van der Waals surface area (Å²) in [6.07, 6.45) is 2.26. The predicted molar refractivity (Wildman–Crippen MR) is 107 cm³/mol. The first-order valence-corrected chi connectivity index (χ1v) is 9.12. The molecule has 0 bridgehead atoms. The summed E-state index contributed by atoms with van der Waals surface area (Å²) in [4.78, 5) is 73.9. The fourth-order valence-corrected chi connectivity index (χ4v) is 2.36. The van der Waals surface area contributed by atoms with Gasteiger partial charge in [-0.15, -0.1) is 0 Å². The highest BCUT2D eigenvalue weighted by molar-refractivity contribution is 6.50. The van der Waals surface area contributed by atoms with E-state index in [1.807, 2.05) is 0 Å². The fourth-order valence-electron chi connectivity index (χ4n) is 2.36. The minimum atomic E-state index is -1.06. The largest absolute Gasteiger partial charge is 0.458 e. The molecule has 30 heavy (non-hydrogen) atoms. The van der Waals surface area contributed by atoms with Gasteiger partial charge in [0.05, 0.1) is 11.1 Å². The lowest BCUT2D eigenvalue weighted by atomic mass is 9.90. The average Bonchev–Trinajstić information content (AvgIpc) is 2.77. The third-order valence-corrected chi connectivity index (χ3v) is 3.90. The molecule has 1 rings (SSSR count). The molecule has 0 fully saturated rings. The average molecular weight is 414 g/mol. The van der Waals surface area contributed by atoms with Crippen molar-refractivity contribution in [3.05, 3.63) is 59.7 Å². The maximum atomic E-state index is 12.5. The van der Waals surface area contributed by atoms with Gasteiger partial charge in [0.25, 0.3) is 0 Å². The van der Waals surface area contributed by atoms with Crippen molar-refractivity contribution in [2.24, 2.45) is 0 Å². The summed E-state index contributed by atoms with van der Waals surface area (Å²) in [5.41, 5.74) is -1.70. The van der Waals surface area contributed by atoms with Gasteiger partial charge in [-0.25, -0.2) is 9.59 Å². The molecule has 0 radical (unpaired) electrons. The van der Waals surface area contributed by atoms with Gasteiger partial charge in [-0.05, 0) is 12.1 Å². The van der Waals surface area contributed by atoms with Gasteiger partial charge in [0.2, 0.25) is 23.1 Å². The van der Waals surface area contributed by atoms with Gasteiger partial charge in [0.15, 0.2) is 0 Å². The Bertz CT molecular complexity index is 848. The number of benzene rings is 1. The van der Waals surface area contributed by atoms with E-state index in [-0.39, 0.29) is 26.1 Å². The van der Waals surface area contributed by atoms with Crippen LogP contribution < -0.4 is 0 Å². The molecule has 0 aliphatic heterocycles. The number of Topliss-reactive ketones (excluding diaryl/α,β-unsaturated/α-hetero) is 4. The van der Waals surface area contributed by atoms with Crippen LogP contribution in [0.3, 0.4) is 0 Å². The van der Waals surface area contributed by atoms with Gasteiger partial charge in [-0.3, -0.25) is 19.2 Å². The number of hydrogen-bond donors (Lipinski definition) is 0. The predicted octanol–water partition coefficient (Wildman–Crippen LogP) is 2.70. The van der Waals surface area contributed by atoms with E-state index in [1.165, 1.54) is 26.0 Å². The summed E-state index contributed by atoms with van der Waals surface area (Å²) < 4.78 is 9.86. The Morgan fingerprint density at radius 1 is 0.700 bits per heavy atom. The van der Waals surface area contributed by atoms with Crippen molar-refractivity contribution >= 4 is 35.1 Å². The fraction of sp³-hybridized carbons (Fsp3) is 0.273. The second-order valence-corrected chi connectivity index (χ2v) is 5.93. The van der Waals surface area contributed by atoms with Crippen molar-refractivity contribution in [1.82, 2.24) is 0 Å². The minimum absolute atomic E-state index is 0.159. The molecule has 0 aromatic heterocycles. The molecule has 8 heteroatoms. The third-order valence-electron chi connectivity index (χ3n) is 3.90. The molecule has 0 amide bonds. The Morgan fingerprint density at radius 3 is 1.30 bits per heavy atom. The SMILES string of the molecule is C=CCOC(=O)c1cc(C(=O)C(=O)CC)c(C(=O)C(=O)CC)cc1C(=O)OCC=C. The van der Waals surface area contributed by atoms with Crippen LogP contribution in [0.1, 0.15) is 68.1 Å². The molecular weight excluding hydrogens is 392 g/mol. The molecule has 0 saturated carbocycles. The molecule has 0 saturated heterocycles. The summed E-state index contributed by atoms with van der Waals surface area (Å²) >= 11 is 0. The molecule has 1 aromatic carbocycles. The topological polar surface area (TPSA) is 121 Å². The Morgan fingerprint density at radius 2 is 1.03 bits per heavy atom. The number of carbonyl (C=O) groups is 6. The summed E-state index contributed by atoms with van der Waals surface area (Å²) in [5.74, 6) is -5.79. The summed E-state index contributed by atoms with van der Waals surface area (Å²) in [7, 11) is 0. The summed E-state index contributed by atoms with van der Waals surface area (Å²) in [5, 5.41) is 0. The van der Waals surface area contributed by atoms with Gasteiger partial charge in [0, 0.05) is 24.0 Å². The maximum Gasteiger partial charge on any atom is 0.339 e. The molecule has 1 aromatic rings. The van der Waals surface area contributed by atoms with Crippen molar-refractivity contribution in [2.45, 2.75) is 26.7 Å². The van der Waals surface area contributed by atoms with Crippen LogP contribution in [0.25, 0.3) is 0 Å². The van der Waals surface area contributed by atoms with Gasteiger partial charge < -0.3 is 9.47 Å². The zero-order valence-electron chi connectivity index (χ0n) is 16.8. The van der Waals surface area contributed by atoms with E-state index in [0.29, 0.717) is 0 Å². The zero-order chi connectivity index (χ0) is 22.8. The highest BCUT2D eigenvalue weighted by Crippen LogP contribution is 2.22.